The molecule has 0 aliphatic rings. The fraction of sp³-hybridized carbons (Fsp3) is 0.600. The summed E-state index contributed by atoms with van der Waals surface area (Å²) in [6.07, 6.45) is 3.01. The normalized spacial score (nSPS) is 12.6. The van der Waals surface area contributed by atoms with Crippen LogP contribution in [0.5, 0.6) is 11.5 Å². The highest BCUT2D eigenvalue weighted by molar-refractivity contribution is 5.47. The van der Waals surface area contributed by atoms with Crippen LogP contribution in [0.3, 0.4) is 0 Å². The molecule has 2 N–H and O–H groups in total. The van der Waals surface area contributed by atoms with Crippen LogP contribution in [0.2, 0.25) is 0 Å². The Morgan fingerprint density at radius 2 is 1.89 bits per heavy atom. The maximum absolute atomic E-state index is 6.09. The number of ether oxygens (including phenoxy) is 2. The fourth-order valence-corrected chi connectivity index (χ4v) is 1.99. The number of benzene rings is 1. The van der Waals surface area contributed by atoms with Gasteiger partial charge in [-0.2, -0.15) is 0 Å². The maximum Gasteiger partial charge on any atom is 0.164 e. The Kier molecular flexibility index (Phi) is 5.99. The number of methoxy groups -OCH3 is 1. The molecule has 18 heavy (non-hydrogen) atoms. The summed E-state index contributed by atoms with van der Waals surface area (Å²) < 4.78 is 11.5. The number of hydrogen-bond acceptors (Lipinski definition) is 3. The predicted octanol–water partition coefficient (Wildman–Crippen LogP) is 3.15. The first-order chi connectivity index (χ1) is 8.62. The lowest BCUT2D eigenvalue weighted by atomic mass is 10.1. The molecule has 1 aromatic carbocycles. The summed E-state index contributed by atoms with van der Waals surface area (Å²) in [6.45, 7) is 6.27. The van der Waals surface area contributed by atoms with Crippen LogP contribution >= 0.6 is 0 Å². The maximum atomic E-state index is 6.09. The van der Waals surface area contributed by atoms with Crippen LogP contribution in [0.25, 0.3) is 0 Å². The largest absolute Gasteiger partial charge is 0.493 e. The molecule has 1 aromatic rings. The average Bonchev–Trinajstić information content (AvgIpc) is 2.36. The van der Waals surface area contributed by atoms with Gasteiger partial charge in [0, 0.05) is 6.04 Å². The van der Waals surface area contributed by atoms with Crippen molar-refractivity contribution in [1.29, 1.82) is 0 Å². The van der Waals surface area contributed by atoms with E-state index in [0.29, 0.717) is 0 Å². The quantitative estimate of drug-likeness (QED) is 0.809. The van der Waals surface area contributed by atoms with Gasteiger partial charge in [0.15, 0.2) is 11.5 Å². The molecule has 3 nitrogen and oxygen atoms in total. The standard InChI is InChI=1S/C15H25NO2/c1-5-13(6-2)18-15-12(10-11(3)16)8-7-9-14(15)17-4/h7-9,11,13H,5-6,10,16H2,1-4H3. The lowest BCUT2D eigenvalue weighted by Gasteiger charge is -2.21. The third kappa shape index (κ3) is 3.91. The van der Waals surface area contributed by atoms with Crippen LogP contribution in [0.1, 0.15) is 39.2 Å². The monoisotopic (exact) mass is 251 g/mol. The Morgan fingerprint density at radius 3 is 2.39 bits per heavy atom. The summed E-state index contributed by atoms with van der Waals surface area (Å²) >= 11 is 0. The van der Waals surface area contributed by atoms with E-state index in [1.54, 1.807) is 7.11 Å². The van der Waals surface area contributed by atoms with Gasteiger partial charge in [-0.3, -0.25) is 0 Å². The van der Waals surface area contributed by atoms with Crippen molar-refractivity contribution in [2.75, 3.05) is 7.11 Å². The zero-order valence-electron chi connectivity index (χ0n) is 11.9. The highest BCUT2D eigenvalue weighted by Gasteiger charge is 2.15. The molecule has 0 aromatic heterocycles. The van der Waals surface area contributed by atoms with Crippen LogP contribution in [0, 0.1) is 0 Å². The van der Waals surface area contributed by atoms with Crippen LogP contribution in [0.15, 0.2) is 18.2 Å². The van der Waals surface area contributed by atoms with Crippen molar-refractivity contribution in [3.8, 4) is 11.5 Å². The SMILES string of the molecule is CCC(CC)Oc1c(CC(C)N)cccc1OC. The lowest BCUT2D eigenvalue weighted by molar-refractivity contribution is 0.183. The van der Waals surface area contributed by atoms with E-state index >= 15 is 0 Å². The van der Waals surface area contributed by atoms with E-state index in [0.717, 1.165) is 36.3 Å². The molecule has 1 rings (SSSR count). The van der Waals surface area contributed by atoms with Gasteiger partial charge in [-0.25, -0.2) is 0 Å². The van der Waals surface area contributed by atoms with Crippen LogP contribution in [-0.4, -0.2) is 19.3 Å². The van der Waals surface area contributed by atoms with Crippen molar-refractivity contribution in [3.05, 3.63) is 23.8 Å². The molecule has 0 heterocycles. The first-order valence-electron chi connectivity index (χ1n) is 6.70. The van der Waals surface area contributed by atoms with E-state index in [2.05, 4.69) is 19.9 Å². The second-order valence-electron chi connectivity index (χ2n) is 4.69. The molecule has 0 bridgehead atoms. The topological polar surface area (TPSA) is 44.5 Å². The molecule has 0 amide bonds. The van der Waals surface area contributed by atoms with Crippen LogP contribution in [0.4, 0.5) is 0 Å². The van der Waals surface area contributed by atoms with E-state index < -0.39 is 0 Å². The van der Waals surface area contributed by atoms with E-state index in [4.69, 9.17) is 15.2 Å². The molecule has 102 valence electrons. The minimum absolute atomic E-state index is 0.112. The summed E-state index contributed by atoms with van der Waals surface area (Å²) in [6, 6.07) is 6.09. The van der Waals surface area contributed by atoms with E-state index in [1.807, 2.05) is 19.1 Å². The van der Waals surface area contributed by atoms with Gasteiger partial charge in [0.05, 0.1) is 13.2 Å². The van der Waals surface area contributed by atoms with Crippen molar-refractivity contribution in [2.45, 2.75) is 52.2 Å². The summed E-state index contributed by atoms with van der Waals surface area (Å²) in [5.41, 5.74) is 7.01. The van der Waals surface area contributed by atoms with Gasteiger partial charge in [0.25, 0.3) is 0 Å². The molecule has 0 radical (unpaired) electrons. The fourth-order valence-electron chi connectivity index (χ4n) is 1.99. The third-order valence-electron chi connectivity index (χ3n) is 3.02. The van der Waals surface area contributed by atoms with Gasteiger partial charge in [0.1, 0.15) is 0 Å². The summed E-state index contributed by atoms with van der Waals surface area (Å²) in [5, 5.41) is 0. The first kappa shape index (κ1) is 14.8. The summed E-state index contributed by atoms with van der Waals surface area (Å²) in [4.78, 5) is 0. The van der Waals surface area contributed by atoms with Gasteiger partial charge in [0.2, 0.25) is 0 Å². The molecule has 0 aliphatic heterocycles. The number of nitrogens with two attached hydrogens (primary N) is 1. The Hall–Kier alpha value is -1.22. The Bertz CT molecular complexity index is 360. The zero-order chi connectivity index (χ0) is 13.5. The number of para-hydroxylation sites is 1. The molecule has 0 saturated heterocycles. The molecule has 0 fully saturated rings. The minimum atomic E-state index is 0.112. The second kappa shape index (κ2) is 7.27. The first-order valence-corrected chi connectivity index (χ1v) is 6.70. The van der Waals surface area contributed by atoms with E-state index in [-0.39, 0.29) is 12.1 Å². The van der Waals surface area contributed by atoms with Crippen molar-refractivity contribution in [1.82, 2.24) is 0 Å². The molecular weight excluding hydrogens is 226 g/mol. The predicted molar refractivity (Wildman–Crippen MR) is 75.3 cm³/mol. The highest BCUT2D eigenvalue weighted by Crippen LogP contribution is 2.33. The second-order valence-corrected chi connectivity index (χ2v) is 4.69. The van der Waals surface area contributed by atoms with E-state index in [1.165, 1.54) is 0 Å². The Balaban J connectivity index is 3.02. The van der Waals surface area contributed by atoms with Gasteiger partial charge in [-0.05, 0) is 37.8 Å². The number of hydrogen-bond donors (Lipinski definition) is 1. The summed E-state index contributed by atoms with van der Waals surface area (Å²) in [7, 11) is 1.67. The van der Waals surface area contributed by atoms with Gasteiger partial charge in [-0.1, -0.05) is 26.0 Å². The smallest absolute Gasteiger partial charge is 0.164 e. The zero-order valence-corrected chi connectivity index (χ0v) is 11.9. The van der Waals surface area contributed by atoms with Crippen LogP contribution in [-0.2, 0) is 6.42 Å². The summed E-state index contributed by atoms with van der Waals surface area (Å²) in [5.74, 6) is 1.64. The van der Waals surface area contributed by atoms with Crippen molar-refractivity contribution >= 4 is 0 Å². The molecule has 0 spiro atoms. The lowest BCUT2D eigenvalue weighted by Crippen LogP contribution is -2.20. The molecule has 3 heteroatoms. The van der Waals surface area contributed by atoms with E-state index in [9.17, 15) is 0 Å². The average molecular weight is 251 g/mol. The number of rotatable bonds is 7. The van der Waals surface area contributed by atoms with Crippen molar-refractivity contribution in [2.24, 2.45) is 5.73 Å². The van der Waals surface area contributed by atoms with Gasteiger partial charge in [-0.15, -0.1) is 0 Å². The van der Waals surface area contributed by atoms with Crippen LogP contribution < -0.4 is 15.2 Å². The Labute approximate surface area is 110 Å². The minimum Gasteiger partial charge on any atom is -0.493 e. The molecule has 1 unspecified atom stereocenters. The molecule has 0 saturated carbocycles. The van der Waals surface area contributed by atoms with Gasteiger partial charge >= 0.3 is 0 Å². The van der Waals surface area contributed by atoms with Gasteiger partial charge < -0.3 is 15.2 Å². The van der Waals surface area contributed by atoms with Crippen molar-refractivity contribution in [3.63, 3.8) is 0 Å². The molecule has 1 atom stereocenters. The molecular formula is C15H25NO2. The Morgan fingerprint density at radius 1 is 1.22 bits per heavy atom. The molecule has 0 aliphatic carbocycles. The third-order valence-corrected chi connectivity index (χ3v) is 3.02. The highest BCUT2D eigenvalue weighted by atomic mass is 16.5. The van der Waals surface area contributed by atoms with Crippen molar-refractivity contribution < 1.29 is 9.47 Å².